The molecule has 3 nitrogen and oxygen atoms in total. The molecule has 2 aromatic rings. The van der Waals surface area contributed by atoms with Crippen LogP contribution in [0.2, 0.25) is 0 Å². The zero-order chi connectivity index (χ0) is 13.0. The van der Waals surface area contributed by atoms with Crippen molar-refractivity contribution in [1.29, 1.82) is 0 Å². The molecule has 0 atom stereocenters. The number of hydrogen-bond donors (Lipinski definition) is 1. The normalized spacial score (nSPS) is 10.3. The average Bonchev–Trinajstić information content (AvgIpc) is 2.76. The molecule has 2 rings (SSSR count). The molecule has 0 aliphatic heterocycles. The van der Waals surface area contributed by atoms with Gasteiger partial charge in [-0.2, -0.15) is 0 Å². The third-order valence-electron chi connectivity index (χ3n) is 2.40. The highest BCUT2D eigenvalue weighted by molar-refractivity contribution is 9.10. The van der Waals surface area contributed by atoms with Gasteiger partial charge in [0, 0.05) is 34.1 Å². The molecule has 1 heterocycles. The second-order valence-corrected chi connectivity index (χ2v) is 6.11. The van der Waals surface area contributed by atoms with Crippen molar-refractivity contribution in [3.05, 3.63) is 50.4 Å². The summed E-state index contributed by atoms with van der Waals surface area (Å²) in [5.74, 6) is -0.0456. The first-order valence-electron chi connectivity index (χ1n) is 5.60. The molecule has 0 bridgehead atoms. The third-order valence-corrected chi connectivity index (χ3v) is 3.90. The van der Waals surface area contributed by atoms with Crippen LogP contribution in [0.15, 0.2) is 34.9 Å². The van der Waals surface area contributed by atoms with E-state index in [9.17, 15) is 4.79 Å². The van der Waals surface area contributed by atoms with Gasteiger partial charge in [0.05, 0.1) is 5.01 Å². The number of carbonyl (C=O) groups is 1. The number of benzene rings is 1. The van der Waals surface area contributed by atoms with Crippen LogP contribution >= 0.6 is 27.3 Å². The lowest BCUT2D eigenvalue weighted by atomic mass is 10.2. The van der Waals surface area contributed by atoms with Gasteiger partial charge in [-0.3, -0.25) is 4.79 Å². The Morgan fingerprint density at radius 1 is 1.39 bits per heavy atom. The zero-order valence-corrected chi connectivity index (χ0v) is 12.3. The molecule has 0 unspecified atom stereocenters. The molecule has 1 N–H and O–H groups in total. The van der Waals surface area contributed by atoms with Crippen LogP contribution < -0.4 is 5.32 Å². The van der Waals surface area contributed by atoms with Crippen LogP contribution in [0.25, 0.3) is 0 Å². The second-order valence-electron chi connectivity index (χ2n) is 3.88. The number of thiazole rings is 1. The Morgan fingerprint density at radius 3 is 2.72 bits per heavy atom. The Bertz CT molecular complexity index is 536. The maximum atomic E-state index is 11.8. The first-order chi connectivity index (χ1) is 8.65. The van der Waals surface area contributed by atoms with Crippen LogP contribution in [-0.4, -0.2) is 17.4 Å². The summed E-state index contributed by atoms with van der Waals surface area (Å²) in [6.45, 7) is 2.64. The fourth-order valence-electron chi connectivity index (χ4n) is 1.50. The Labute approximate surface area is 118 Å². The van der Waals surface area contributed by atoms with Crippen LogP contribution in [0.4, 0.5) is 0 Å². The molecule has 1 amide bonds. The summed E-state index contributed by atoms with van der Waals surface area (Å²) in [6, 6.07) is 7.32. The van der Waals surface area contributed by atoms with Gasteiger partial charge in [0.25, 0.3) is 5.91 Å². The summed E-state index contributed by atoms with van der Waals surface area (Å²) in [5, 5.41) is 3.95. The number of hydrogen-bond acceptors (Lipinski definition) is 3. The summed E-state index contributed by atoms with van der Waals surface area (Å²) in [7, 11) is 0. The number of nitrogens with one attached hydrogen (secondary N) is 1. The van der Waals surface area contributed by atoms with E-state index in [1.54, 1.807) is 23.5 Å². The summed E-state index contributed by atoms with van der Waals surface area (Å²) in [5.41, 5.74) is 0.675. The zero-order valence-electron chi connectivity index (χ0n) is 9.94. The van der Waals surface area contributed by atoms with Crippen LogP contribution in [0.5, 0.6) is 0 Å². The molecule has 5 heteroatoms. The van der Waals surface area contributed by atoms with E-state index in [0.717, 1.165) is 15.9 Å². The highest BCUT2D eigenvalue weighted by Gasteiger charge is 2.05. The number of amides is 1. The van der Waals surface area contributed by atoms with Gasteiger partial charge in [0.2, 0.25) is 0 Å². The third kappa shape index (κ3) is 3.65. The highest BCUT2D eigenvalue weighted by Crippen LogP contribution is 2.12. The lowest BCUT2D eigenvalue weighted by Crippen LogP contribution is -2.25. The molecule has 0 aliphatic rings. The predicted octanol–water partition coefficient (Wildman–Crippen LogP) is 3.19. The quantitative estimate of drug-likeness (QED) is 0.938. The molecule has 18 heavy (non-hydrogen) atoms. The first kappa shape index (κ1) is 13.2. The smallest absolute Gasteiger partial charge is 0.251 e. The monoisotopic (exact) mass is 324 g/mol. The van der Waals surface area contributed by atoms with E-state index in [4.69, 9.17) is 0 Å². The van der Waals surface area contributed by atoms with Crippen molar-refractivity contribution in [2.45, 2.75) is 13.3 Å². The molecule has 1 aromatic heterocycles. The average molecular weight is 325 g/mol. The van der Waals surface area contributed by atoms with E-state index in [1.165, 1.54) is 4.88 Å². The Morgan fingerprint density at radius 2 is 2.11 bits per heavy atom. The van der Waals surface area contributed by atoms with Gasteiger partial charge in [0.1, 0.15) is 0 Å². The van der Waals surface area contributed by atoms with E-state index >= 15 is 0 Å². The topological polar surface area (TPSA) is 42.0 Å². The molecule has 0 fully saturated rings. The summed E-state index contributed by atoms with van der Waals surface area (Å²) in [4.78, 5) is 17.3. The second kappa shape index (κ2) is 6.11. The van der Waals surface area contributed by atoms with Crippen LogP contribution in [0, 0.1) is 6.92 Å². The van der Waals surface area contributed by atoms with Crippen molar-refractivity contribution >= 4 is 33.2 Å². The molecule has 0 saturated heterocycles. The van der Waals surface area contributed by atoms with Gasteiger partial charge in [-0.05, 0) is 31.2 Å². The van der Waals surface area contributed by atoms with Crippen LogP contribution in [0.1, 0.15) is 20.2 Å². The Hall–Kier alpha value is -1.20. The summed E-state index contributed by atoms with van der Waals surface area (Å²) >= 11 is 5.01. The number of aromatic nitrogens is 1. The Balaban J connectivity index is 1.83. The lowest BCUT2D eigenvalue weighted by Gasteiger charge is -2.03. The van der Waals surface area contributed by atoms with Crippen molar-refractivity contribution in [3.8, 4) is 0 Å². The standard InChI is InChI=1S/C13H13BrN2OS/c1-9-8-16-12(18-9)6-7-15-13(17)10-2-4-11(14)5-3-10/h2-5,8H,6-7H2,1H3,(H,15,17). The van der Waals surface area contributed by atoms with Gasteiger partial charge >= 0.3 is 0 Å². The fourth-order valence-corrected chi connectivity index (χ4v) is 2.55. The van der Waals surface area contributed by atoms with Crippen molar-refractivity contribution < 1.29 is 4.79 Å². The minimum atomic E-state index is -0.0456. The molecular formula is C13H13BrN2OS. The minimum absolute atomic E-state index is 0.0456. The maximum Gasteiger partial charge on any atom is 0.251 e. The molecule has 0 saturated carbocycles. The van der Waals surface area contributed by atoms with Crippen molar-refractivity contribution in [3.63, 3.8) is 0 Å². The molecule has 94 valence electrons. The van der Waals surface area contributed by atoms with E-state index in [-0.39, 0.29) is 5.91 Å². The van der Waals surface area contributed by atoms with Crippen LogP contribution in [-0.2, 0) is 6.42 Å². The molecule has 1 aromatic carbocycles. The first-order valence-corrected chi connectivity index (χ1v) is 7.21. The van der Waals surface area contributed by atoms with Gasteiger partial charge in [0.15, 0.2) is 0 Å². The van der Waals surface area contributed by atoms with Crippen molar-refractivity contribution in [2.75, 3.05) is 6.54 Å². The molecular weight excluding hydrogens is 312 g/mol. The fraction of sp³-hybridized carbons (Fsp3) is 0.231. The number of halogens is 1. The number of aryl methyl sites for hydroxylation is 1. The highest BCUT2D eigenvalue weighted by atomic mass is 79.9. The number of nitrogens with zero attached hydrogens (tertiary/aromatic N) is 1. The Kier molecular flexibility index (Phi) is 4.49. The number of carbonyl (C=O) groups excluding carboxylic acids is 1. The number of rotatable bonds is 4. The van der Waals surface area contributed by atoms with E-state index < -0.39 is 0 Å². The van der Waals surface area contributed by atoms with Gasteiger partial charge in [-0.25, -0.2) is 4.98 Å². The van der Waals surface area contributed by atoms with Crippen LogP contribution in [0.3, 0.4) is 0 Å². The van der Waals surface area contributed by atoms with E-state index in [0.29, 0.717) is 12.1 Å². The van der Waals surface area contributed by atoms with Gasteiger partial charge in [-0.15, -0.1) is 11.3 Å². The predicted molar refractivity (Wildman–Crippen MR) is 77.0 cm³/mol. The largest absolute Gasteiger partial charge is 0.352 e. The molecule has 0 radical (unpaired) electrons. The molecule has 0 aliphatic carbocycles. The maximum absolute atomic E-state index is 11.8. The van der Waals surface area contributed by atoms with Gasteiger partial charge in [-0.1, -0.05) is 15.9 Å². The van der Waals surface area contributed by atoms with Crippen molar-refractivity contribution in [2.24, 2.45) is 0 Å². The molecule has 0 spiro atoms. The minimum Gasteiger partial charge on any atom is -0.352 e. The lowest BCUT2D eigenvalue weighted by molar-refractivity contribution is 0.0954. The SMILES string of the molecule is Cc1cnc(CCNC(=O)c2ccc(Br)cc2)s1. The van der Waals surface area contributed by atoms with E-state index in [2.05, 4.69) is 26.2 Å². The van der Waals surface area contributed by atoms with Crippen molar-refractivity contribution in [1.82, 2.24) is 10.3 Å². The summed E-state index contributed by atoms with van der Waals surface area (Å²) < 4.78 is 0.970. The van der Waals surface area contributed by atoms with E-state index in [1.807, 2.05) is 25.3 Å². The summed E-state index contributed by atoms with van der Waals surface area (Å²) in [6.07, 6.45) is 2.64. The van der Waals surface area contributed by atoms with Gasteiger partial charge < -0.3 is 5.32 Å².